The Morgan fingerprint density at radius 3 is 2.46 bits per heavy atom. The molecule has 0 aliphatic carbocycles. The number of rotatable bonds is 1. The maximum atomic E-state index is 13.0. The summed E-state index contributed by atoms with van der Waals surface area (Å²) in [4.78, 5) is 27.1. The maximum absolute atomic E-state index is 13.0. The third kappa shape index (κ3) is 2.97. The molecule has 0 aromatic heterocycles. The summed E-state index contributed by atoms with van der Waals surface area (Å²) in [5.74, 6) is -0.536. The number of halogens is 1. The second-order valence-corrected chi connectivity index (χ2v) is 6.85. The molecule has 1 fully saturated rings. The van der Waals surface area contributed by atoms with Crippen LogP contribution in [0.1, 0.15) is 28.8 Å². The van der Waals surface area contributed by atoms with Crippen LogP contribution in [-0.4, -0.2) is 35.3 Å². The molecule has 2 aromatic carbocycles. The van der Waals surface area contributed by atoms with Crippen LogP contribution >= 0.6 is 0 Å². The quantitative estimate of drug-likeness (QED) is 0.828. The second kappa shape index (κ2) is 6.53. The molecule has 2 heterocycles. The molecule has 4 rings (SSSR count). The summed E-state index contributed by atoms with van der Waals surface area (Å²) in [7, 11) is 0. The number of likely N-dealkylation sites (tertiary alicyclic amines) is 1. The zero-order valence-electron chi connectivity index (χ0n) is 14.3. The van der Waals surface area contributed by atoms with Gasteiger partial charge in [0.1, 0.15) is 11.4 Å². The van der Waals surface area contributed by atoms with E-state index in [1.165, 1.54) is 24.3 Å². The number of benzene rings is 2. The summed E-state index contributed by atoms with van der Waals surface area (Å²) in [5, 5.41) is 6.43. The van der Waals surface area contributed by atoms with Crippen LogP contribution in [0.4, 0.5) is 10.1 Å². The van der Waals surface area contributed by atoms with Gasteiger partial charge in [0.25, 0.3) is 5.91 Å². The van der Waals surface area contributed by atoms with Crippen LogP contribution in [0.5, 0.6) is 0 Å². The van der Waals surface area contributed by atoms with Gasteiger partial charge in [0, 0.05) is 30.9 Å². The Morgan fingerprint density at radius 2 is 1.73 bits per heavy atom. The van der Waals surface area contributed by atoms with E-state index in [9.17, 15) is 14.0 Å². The first-order valence-electron chi connectivity index (χ1n) is 8.77. The molecular weight excluding hydrogens is 333 g/mol. The van der Waals surface area contributed by atoms with Gasteiger partial charge >= 0.3 is 0 Å². The number of amides is 2. The Balaban J connectivity index is 1.47. The maximum Gasteiger partial charge on any atom is 0.253 e. The fraction of sp³-hybridized carbons (Fsp3) is 0.300. The molecule has 2 aliphatic heterocycles. The largest absolute Gasteiger partial charge is 0.338 e. The highest BCUT2D eigenvalue weighted by Crippen LogP contribution is 2.29. The van der Waals surface area contributed by atoms with Gasteiger partial charge in [-0.25, -0.2) is 4.39 Å². The van der Waals surface area contributed by atoms with Crippen LogP contribution in [0.25, 0.3) is 0 Å². The number of hydrogen-bond donors (Lipinski definition) is 2. The smallest absolute Gasteiger partial charge is 0.253 e. The van der Waals surface area contributed by atoms with Gasteiger partial charge in [-0.2, -0.15) is 0 Å². The van der Waals surface area contributed by atoms with Gasteiger partial charge in [-0.1, -0.05) is 18.2 Å². The lowest BCUT2D eigenvalue weighted by Crippen LogP contribution is -2.59. The molecule has 2 aliphatic rings. The fourth-order valence-corrected chi connectivity index (χ4v) is 3.65. The first-order chi connectivity index (χ1) is 12.6. The Kier molecular flexibility index (Phi) is 4.20. The molecule has 1 spiro atoms. The minimum Gasteiger partial charge on any atom is -0.338 e. The molecule has 0 radical (unpaired) electrons. The summed E-state index contributed by atoms with van der Waals surface area (Å²) in [6, 6.07) is 13.3. The van der Waals surface area contributed by atoms with E-state index in [1.807, 2.05) is 24.3 Å². The van der Waals surface area contributed by atoms with Crippen molar-refractivity contribution in [2.24, 2.45) is 0 Å². The van der Waals surface area contributed by atoms with E-state index in [4.69, 9.17) is 0 Å². The van der Waals surface area contributed by atoms with E-state index in [1.54, 1.807) is 4.90 Å². The third-order valence-corrected chi connectivity index (χ3v) is 5.31. The molecular formula is C20H20FN3O2. The van der Waals surface area contributed by atoms with Crippen LogP contribution in [-0.2, 0) is 11.3 Å². The van der Waals surface area contributed by atoms with E-state index in [2.05, 4.69) is 10.6 Å². The van der Waals surface area contributed by atoms with Gasteiger partial charge in [0.05, 0.1) is 0 Å². The number of hydrogen-bond acceptors (Lipinski definition) is 3. The highest BCUT2D eigenvalue weighted by Gasteiger charge is 2.43. The highest BCUT2D eigenvalue weighted by atomic mass is 19.1. The molecule has 2 N–H and O–H groups in total. The van der Waals surface area contributed by atoms with Crippen molar-refractivity contribution in [3.05, 3.63) is 65.5 Å². The van der Waals surface area contributed by atoms with Crippen molar-refractivity contribution >= 4 is 17.5 Å². The van der Waals surface area contributed by atoms with Crippen LogP contribution in [0, 0.1) is 5.82 Å². The molecule has 0 atom stereocenters. The Hall–Kier alpha value is -2.73. The van der Waals surface area contributed by atoms with Crippen molar-refractivity contribution in [1.29, 1.82) is 0 Å². The van der Waals surface area contributed by atoms with Crippen molar-refractivity contribution in [2.45, 2.75) is 24.9 Å². The molecule has 2 amide bonds. The summed E-state index contributed by atoms with van der Waals surface area (Å²) in [6.07, 6.45) is 1.08. The van der Waals surface area contributed by atoms with E-state index in [-0.39, 0.29) is 17.6 Å². The van der Waals surface area contributed by atoms with E-state index < -0.39 is 5.54 Å². The number of nitrogens with zero attached hydrogens (tertiary/aromatic N) is 1. The lowest BCUT2D eigenvalue weighted by molar-refractivity contribution is -0.124. The third-order valence-electron chi connectivity index (χ3n) is 5.31. The van der Waals surface area contributed by atoms with Crippen molar-refractivity contribution in [3.63, 3.8) is 0 Å². The summed E-state index contributed by atoms with van der Waals surface area (Å²) >= 11 is 0. The molecule has 1 saturated heterocycles. The number of piperidine rings is 1. The van der Waals surface area contributed by atoms with Gasteiger partial charge in [0.2, 0.25) is 5.91 Å². The van der Waals surface area contributed by atoms with E-state index in [0.29, 0.717) is 38.0 Å². The minimum absolute atomic E-state index is 0.0451. The lowest BCUT2D eigenvalue weighted by atomic mass is 9.86. The van der Waals surface area contributed by atoms with Crippen molar-refractivity contribution in [3.8, 4) is 0 Å². The number of para-hydroxylation sites is 1. The topological polar surface area (TPSA) is 61.4 Å². The Bertz CT molecular complexity index is 842. The van der Waals surface area contributed by atoms with Gasteiger partial charge in [-0.15, -0.1) is 0 Å². The number of carbonyl (C=O) groups is 2. The molecule has 6 heteroatoms. The Labute approximate surface area is 151 Å². The van der Waals surface area contributed by atoms with Gasteiger partial charge in [0.15, 0.2) is 0 Å². The van der Waals surface area contributed by atoms with Crippen molar-refractivity contribution < 1.29 is 14.0 Å². The molecule has 5 nitrogen and oxygen atoms in total. The second-order valence-electron chi connectivity index (χ2n) is 6.85. The van der Waals surface area contributed by atoms with Gasteiger partial charge in [-0.05, 0) is 48.7 Å². The SMILES string of the molecule is O=C(c1ccc(F)cc1)N1CCC2(CC1)NCc1ccccc1NC2=O. The van der Waals surface area contributed by atoms with Crippen molar-refractivity contribution in [1.82, 2.24) is 10.2 Å². The predicted molar refractivity (Wildman–Crippen MR) is 96.2 cm³/mol. The zero-order valence-corrected chi connectivity index (χ0v) is 14.3. The average molecular weight is 353 g/mol. The first kappa shape index (κ1) is 16.7. The van der Waals surface area contributed by atoms with Gasteiger partial charge < -0.3 is 10.2 Å². The van der Waals surface area contributed by atoms with E-state index >= 15 is 0 Å². The molecule has 134 valence electrons. The molecule has 26 heavy (non-hydrogen) atoms. The minimum atomic E-state index is -0.668. The average Bonchev–Trinajstić information content (AvgIpc) is 2.80. The summed E-state index contributed by atoms with van der Waals surface area (Å²) < 4.78 is 13.0. The predicted octanol–water partition coefficient (Wildman–Crippen LogP) is 2.54. The fourth-order valence-electron chi connectivity index (χ4n) is 3.65. The lowest BCUT2D eigenvalue weighted by Gasteiger charge is -2.40. The van der Waals surface area contributed by atoms with E-state index in [0.717, 1.165) is 11.3 Å². The van der Waals surface area contributed by atoms with Crippen molar-refractivity contribution in [2.75, 3.05) is 18.4 Å². The number of anilines is 1. The van der Waals surface area contributed by atoms with Crippen LogP contribution in [0.15, 0.2) is 48.5 Å². The molecule has 2 aromatic rings. The number of fused-ring (bicyclic) bond motifs is 1. The Morgan fingerprint density at radius 1 is 1.04 bits per heavy atom. The molecule has 0 bridgehead atoms. The first-order valence-corrected chi connectivity index (χ1v) is 8.77. The molecule has 0 saturated carbocycles. The normalized spacial score (nSPS) is 18.8. The monoisotopic (exact) mass is 353 g/mol. The standard InChI is InChI=1S/C20H20FN3O2/c21-16-7-5-14(6-8-16)18(25)24-11-9-20(10-12-24)19(26)23-17-4-2-1-3-15(17)13-22-20/h1-8,22H,9-13H2,(H,23,26). The van der Waals surface area contributed by atoms with Crippen LogP contribution in [0.2, 0.25) is 0 Å². The molecule has 0 unspecified atom stereocenters. The highest BCUT2D eigenvalue weighted by molar-refractivity contribution is 6.00. The van der Waals surface area contributed by atoms with Gasteiger partial charge in [-0.3, -0.25) is 14.9 Å². The van der Waals surface area contributed by atoms with Crippen LogP contribution in [0.3, 0.4) is 0 Å². The number of carbonyl (C=O) groups excluding carboxylic acids is 2. The zero-order chi connectivity index (χ0) is 18.1. The summed E-state index contributed by atoms with van der Waals surface area (Å²) in [5.41, 5.74) is 1.70. The summed E-state index contributed by atoms with van der Waals surface area (Å²) in [6.45, 7) is 1.57. The van der Waals surface area contributed by atoms with Crippen LogP contribution < -0.4 is 10.6 Å². The number of nitrogens with one attached hydrogen (secondary N) is 2.